The van der Waals surface area contributed by atoms with Crippen molar-refractivity contribution in [3.63, 3.8) is 0 Å². The maximum Gasteiger partial charge on any atom is 0.251 e. The van der Waals surface area contributed by atoms with Crippen molar-refractivity contribution < 1.29 is 19.1 Å². The predicted molar refractivity (Wildman–Crippen MR) is 134 cm³/mol. The summed E-state index contributed by atoms with van der Waals surface area (Å²) in [5.74, 6) is 0.329. The van der Waals surface area contributed by atoms with E-state index in [1.807, 2.05) is 56.3 Å². The second kappa shape index (κ2) is 13.0. The van der Waals surface area contributed by atoms with Gasteiger partial charge in [-0.05, 0) is 55.8 Å². The molecule has 3 N–H and O–H groups in total. The van der Waals surface area contributed by atoms with Gasteiger partial charge in [-0.25, -0.2) is 0 Å². The van der Waals surface area contributed by atoms with Crippen molar-refractivity contribution >= 4 is 23.2 Å². The molecule has 7 heteroatoms. The first-order valence-electron chi connectivity index (χ1n) is 11.4. The summed E-state index contributed by atoms with van der Waals surface area (Å²) in [6, 6.07) is 24.0. The fourth-order valence-corrected chi connectivity index (χ4v) is 3.26. The molecular weight excluding hydrogens is 430 g/mol. The summed E-state index contributed by atoms with van der Waals surface area (Å²) in [7, 11) is 0. The zero-order chi connectivity index (χ0) is 24.2. The molecule has 0 saturated carbocycles. The van der Waals surface area contributed by atoms with Crippen molar-refractivity contribution in [2.75, 3.05) is 37.0 Å². The van der Waals surface area contributed by atoms with Crippen LogP contribution in [-0.4, -0.2) is 38.2 Å². The molecule has 3 aromatic rings. The number of hydrogen-bond acceptors (Lipinski definition) is 5. The normalized spacial score (nSPS) is 11.4. The van der Waals surface area contributed by atoms with Crippen LogP contribution in [0.4, 0.5) is 11.4 Å². The first kappa shape index (κ1) is 24.8. The zero-order valence-corrected chi connectivity index (χ0v) is 19.5. The largest absolute Gasteiger partial charge is 0.491 e. The molecule has 0 bridgehead atoms. The number of benzene rings is 3. The van der Waals surface area contributed by atoms with Gasteiger partial charge in [-0.2, -0.15) is 0 Å². The summed E-state index contributed by atoms with van der Waals surface area (Å²) < 4.78 is 10.9. The maximum atomic E-state index is 12.5. The van der Waals surface area contributed by atoms with E-state index in [4.69, 9.17) is 9.47 Å². The van der Waals surface area contributed by atoms with E-state index in [0.29, 0.717) is 36.8 Å². The monoisotopic (exact) mass is 461 g/mol. The molecule has 1 atom stereocenters. The van der Waals surface area contributed by atoms with E-state index in [1.165, 1.54) is 0 Å². The highest BCUT2D eigenvalue weighted by Crippen LogP contribution is 2.18. The van der Waals surface area contributed by atoms with Crippen molar-refractivity contribution in [2.24, 2.45) is 0 Å². The second-order valence-electron chi connectivity index (χ2n) is 7.66. The minimum Gasteiger partial charge on any atom is -0.491 e. The Morgan fingerprint density at radius 1 is 0.882 bits per heavy atom. The van der Waals surface area contributed by atoms with Crippen molar-refractivity contribution in [3.05, 3.63) is 90.0 Å². The van der Waals surface area contributed by atoms with Crippen molar-refractivity contribution in [3.8, 4) is 5.75 Å². The maximum absolute atomic E-state index is 12.5. The number of carbonyl (C=O) groups excluding carboxylic acids is 2. The van der Waals surface area contributed by atoms with Gasteiger partial charge in [0.1, 0.15) is 12.4 Å². The molecular formula is C27H31N3O4. The van der Waals surface area contributed by atoms with Gasteiger partial charge in [-0.1, -0.05) is 36.4 Å². The summed E-state index contributed by atoms with van der Waals surface area (Å²) in [5, 5.41) is 8.91. The molecule has 0 saturated heterocycles. The van der Waals surface area contributed by atoms with Crippen LogP contribution in [0.2, 0.25) is 0 Å². The van der Waals surface area contributed by atoms with Gasteiger partial charge in [0.25, 0.3) is 5.91 Å². The molecule has 0 fully saturated rings. The zero-order valence-electron chi connectivity index (χ0n) is 19.5. The number of carbonyl (C=O) groups is 2. The van der Waals surface area contributed by atoms with Crippen LogP contribution in [0, 0.1) is 0 Å². The molecule has 0 heterocycles. The van der Waals surface area contributed by atoms with E-state index in [1.54, 1.807) is 36.4 Å². The Morgan fingerprint density at radius 2 is 1.65 bits per heavy atom. The van der Waals surface area contributed by atoms with Crippen molar-refractivity contribution in [2.45, 2.75) is 19.9 Å². The van der Waals surface area contributed by atoms with Gasteiger partial charge in [0, 0.05) is 29.6 Å². The van der Waals surface area contributed by atoms with E-state index in [0.717, 1.165) is 11.3 Å². The molecule has 0 aromatic heterocycles. The Kier molecular flexibility index (Phi) is 9.49. The standard InChI is InChI=1S/C27H31N3O4/c1-3-33-16-17-34-25-11-7-10-24(18-25)30-26(31)19-28-23-14-12-22(13-15-23)27(32)29-20(2)21-8-5-4-6-9-21/h4-15,18,20,28H,3,16-17,19H2,1-2H3,(H,29,32)(H,30,31). The highest BCUT2D eigenvalue weighted by molar-refractivity contribution is 5.95. The SMILES string of the molecule is CCOCCOc1cccc(NC(=O)CNc2ccc(C(=O)NC(C)c3ccccc3)cc2)c1. The molecule has 1 unspecified atom stereocenters. The molecule has 2 amide bonds. The summed E-state index contributed by atoms with van der Waals surface area (Å²) in [5.41, 5.74) is 3.00. The van der Waals surface area contributed by atoms with Crippen molar-refractivity contribution in [1.82, 2.24) is 5.32 Å². The fourth-order valence-electron chi connectivity index (χ4n) is 3.26. The smallest absolute Gasteiger partial charge is 0.251 e. The third kappa shape index (κ3) is 7.94. The van der Waals surface area contributed by atoms with Crippen LogP contribution in [0.25, 0.3) is 0 Å². The molecule has 7 nitrogen and oxygen atoms in total. The Balaban J connectivity index is 1.45. The van der Waals surface area contributed by atoms with Crippen LogP contribution in [0.15, 0.2) is 78.9 Å². The van der Waals surface area contributed by atoms with E-state index in [-0.39, 0.29) is 24.4 Å². The third-order valence-electron chi connectivity index (χ3n) is 5.07. The van der Waals surface area contributed by atoms with E-state index in [2.05, 4.69) is 16.0 Å². The Morgan fingerprint density at radius 3 is 2.38 bits per heavy atom. The summed E-state index contributed by atoms with van der Waals surface area (Å²) in [6.07, 6.45) is 0. The van der Waals surface area contributed by atoms with Gasteiger partial charge in [0.05, 0.1) is 19.2 Å². The summed E-state index contributed by atoms with van der Waals surface area (Å²) in [4.78, 5) is 24.9. The van der Waals surface area contributed by atoms with Gasteiger partial charge in [-0.3, -0.25) is 9.59 Å². The minimum atomic E-state index is -0.190. The highest BCUT2D eigenvalue weighted by atomic mass is 16.5. The van der Waals surface area contributed by atoms with E-state index < -0.39 is 0 Å². The fraction of sp³-hybridized carbons (Fsp3) is 0.259. The van der Waals surface area contributed by atoms with Crippen LogP contribution in [0.3, 0.4) is 0 Å². The quantitative estimate of drug-likeness (QED) is 0.342. The Bertz CT molecular complexity index is 1050. The van der Waals surface area contributed by atoms with Gasteiger partial charge < -0.3 is 25.4 Å². The first-order valence-corrected chi connectivity index (χ1v) is 11.4. The molecule has 3 rings (SSSR count). The lowest BCUT2D eigenvalue weighted by atomic mass is 10.1. The molecule has 34 heavy (non-hydrogen) atoms. The summed E-state index contributed by atoms with van der Waals surface area (Å²) in [6.45, 7) is 5.59. The average Bonchev–Trinajstić information content (AvgIpc) is 2.86. The molecule has 0 spiro atoms. The lowest BCUT2D eigenvalue weighted by Crippen LogP contribution is -2.26. The first-order chi connectivity index (χ1) is 16.5. The number of amides is 2. The second-order valence-corrected chi connectivity index (χ2v) is 7.66. The predicted octanol–water partition coefficient (Wildman–Crippen LogP) is 4.64. The Hall–Kier alpha value is -3.84. The molecule has 0 aliphatic heterocycles. The molecule has 178 valence electrons. The van der Waals surface area contributed by atoms with Gasteiger partial charge >= 0.3 is 0 Å². The summed E-state index contributed by atoms with van der Waals surface area (Å²) >= 11 is 0. The lowest BCUT2D eigenvalue weighted by Gasteiger charge is -2.14. The number of rotatable bonds is 12. The number of hydrogen-bond donors (Lipinski definition) is 3. The lowest BCUT2D eigenvalue weighted by molar-refractivity contribution is -0.114. The number of ether oxygens (including phenoxy) is 2. The third-order valence-corrected chi connectivity index (χ3v) is 5.07. The Labute approximate surface area is 200 Å². The number of anilines is 2. The van der Waals surface area contributed by atoms with Crippen LogP contribution in [-0.2, 0) is 9.53 Å². The minimum absolute atomic E-state index is 0.0893. The van der Waals surface area contributed by atoms with Gasteiger partial charge in [0.2, 0.25) is 5.91 Å². The van der Waals surface area contributed by atoms with E-state index in [9.17, 15) is 9.59 Å². The van der Waals surface area contributed by atoms with Gasteiger partial charge in [-0.15, -0.1) is 0 Å². The van der Waals surface area contributed by atoms with Crippen LogP contribution >= 0.6 is 0 Å². The number of nitrogens with one attached hydrogen (secondary N) is 3. The molecule has 0 radical (unpaired) electrons. The highest BCUT2D eigenvalue weighted by Gasteiger charge is 2.11. The molecule has 0 aliphatic rings. The van der Waals surface area contributed by atoms with Crippen LogP contribution < -0.4 is 20.7 Å². The molecule has 0 aliphatic carbocycles. The van der Waals surface area contributed by atoms with Crippen molar-refractivity contribution in [1.29, 1.82) is 0 Å². The van der Waals surface area contributed by atoms with Crippen LogP contribution in [0.1, 0.15) is 35.8 Å². The van der Waals surface area contributed by atoms with Crippen LogP contribution in [0.5, 0.6) is 5.75 Å². The van der Waals surface area contributed by atoms with Gasteiger partial charge in [0.15, 0.2) is 0 Å². The molecule has 3 aromatic carbocycles. The van der Waals surface area contributed by atoms with E-state index >= 15 is 0 Å². The topological polar surface area (TPSA) is 88.7 Å². The average molecular weight is 462 g/mol.